The SMILES string of the molecule is CCNC(c1ccc2nc(C)ccc2c1)C1CCCCO1. The third kappa shape index (κ3) is 3.25. The molecule has 0 spiro atoms. The molecule has 3 nitrogen and oxygen atoms in total. The Bertz CT molecular complexity index is 605. The van der Waals surface area contributed by atoms with Crippen LogP contribution in [0.25, 0.3) is 10.9 Å². The van der Waals surface area contributed by atoms with Gasteiger partial charge < -0.3 is 10.1 Å². The maximum Gasteiger partial charge on any atom is 0.0769 e. The number of nitrogens with zero attached hydrogens (tertiary/aromatic N) is 1. The molecule has 1 aromatic heterocycles. The third-order valence-corrected chi connectivity index (χ3v) is 4.22. The number of ether oxygens (including phenoxy) is 1. The number of hydrogen-bond donors (Lipinski definition) is 1. The standard InChI is InChI=1S/C18H24N2O/c1-3-19-18(17-6-4-5-11-21-17)15-9-10-16-14(12-15)8-7-13(2)20-16/h7-10,12,17-19H,3-6,11H2,1-2H3. The fourth-order valence-electron chi connectivity index (χ4n) is 3.15. The summed E-state index contributed by atoms with van der Waals surface area (Å²) >= 11 is 0. The number of aryl methyl sites for hydroxylation is 1. The van der Waals surface area contributed by atoms with Gasteiger partial charge in [-0.25, -0.2) is 0 Å². The van der Waals surface area contributed by atoms with Crippen LogP contribution in [0.4, 0.5) is 0 Å². The summed E-state index contributed by atoms with van der Waals surface area (Å²) in [6, 6.07) is 11.1. The van der Waals surface area contributed by atoms with E-state index < -0.39 is 0 Å². The first-order valence-corrected chi connectivity index (χ1v) is 8.00. The zero-order valence-corrected chi connectivity index (χ0v) is 12.9. The predicted octanol–water partition coefficient (Wildman–Crippen LogP) is 3.76. The maximum absolute atomic E-state index is 6.00. The van der Waals surface area contributed by atoms with Gasteiger partial charge in [0.2, 0.25) is 0 Å². The van der Waals surface area contributed by atoms with Gasteiger partial charge in [-0.15, -0.1) is 0 Å². The number of benzene rings is 1. The molecule has 0 saturated carbocycles. The summed E-state index contributed by atoms with van der Waals surface area (Å²) < 4.78 is 6.00. The Hall–Kier alpha value is -1.45. The summed E-state index contributed by atoms with van der Waals surface area (Å²) in [5.41, 5.74) is 3.44. The highest BCUT2D eigenvalue weighted by Gasteiger charge is 2.25. The molecule has 2 heterocycles. The fraction of sp³-hybridized carbons (Fsp3) is 0.500. The summed E-state index contributed by atoms with van der Waals surface area (Å²) in [4.78, 5) is 4.58. The Morgan fingerprint density at radius 1 is 1.29 bits per heavy atom. The molecule has 2 aromatic rings. The molecule has 0 amide bonds. The van der Waals surface area contributed by atoms with E-state index in [1.807, 2.05) is 6.92 Å². The van der Waals surface area contributed by atoms with Gasteiger partial charge in [0.25, 0.3) is 0 Å². The summed E-state index contributed by atoms with van der Waals surface area (Å²) in [7, 11) is 0. The smallest absolute Gasteiger partial charge is 0.0769 e. The van der Waals surface area contributed by atoms with Crippen LogP contribution in [0.1, 0.15) is 43.5 Å². The number of likely N-dealkylation sites (N-methyl/N-ethyl adjacent to an activating group) is 1. The molecule has 0 aliphatic carbocycles. The fourth-order valence-corrected chi connectivity index (χ4v) is 3.15. The number of fused-ring (bicyclic) bond motifs is 1. The van der Waals surface area contributed by atoms with Gasteiger partial charge in [0, 0.05) is 17.7 Å². The van der Waals surface area contributed by atoms with Gasteiger partial charge in [0.15, 0.2) is 0 Å². The predicted molar refractivity (Wildman–Crippen MR) is 86.5 cm³/mol. The van der Waals surface area contributed by atoms with Gasteiger partial charge in [-0.1, -0.05) is 19.1 Å². The van der Waals surface area contributed by atoms with Crippen LogP contribution < -0.4 is 5.32 Å². The maximum atomic E-state index is 6.00. The van der Waals surface area contributed by atoms with Crippen molar-refractivity contribution >= 4 is 10.9 Å². The minimum Gasteiger partial charge on any atom is -0.376 e. The Morgan fingerprint density at radius 3 is 2.95 bits per heavy atom. The quantitative estimate of drug-likeness (QED) is 0.928. The molecule has 0 radical (unpaired) electrons. The number of aromatic nitrogens is 1. The summed E-state index contributed by atoms with van der Waals surface area (Å²) in [5, 5.41) is 4.80. The summed E-state index contributed by atoms with van der Waals surface area (Å²) in [6.07, 6.45) is 3.88. The molecule has 1 aliphatic rings. The van der Waals surface area contributed by atoms with Crippen molar-refractivity contribution in [2.75, 3.05) is 13.2 Å². The van der Waals surface area contributed by atoms with E-state index >= 15 is 0 Å². The lowest BCUT2D eigenvalue weighted by atomic mass is 9.94. The van der Waals surface area contributed by atoms with Crippen molar-refractivity contribution < 1.29 is 4.74 Å². The molecule has 3 rings (SSSR count). The van der Waals surface area contributed by atoms with Gasteiger partial charge >= 0.3 is 0 Å². The topological polar surface area (TPSA) is 34.2 Å². The second-order valence-electron chi connectivity index (χ2n) is 5.85. The van der Waals surface area contributed by atoms with Crippen LogP contribution >= 0.6 is 0 Å². The minimum absolute atomic E-state index is 0.279. The monoisotopic (exact) mass is 284 g/mol. The van der Waals surface area contributed by atoms with Crippen molar-refractivity contribution in [1.29, 1.82) is 0 Å². The Morgan fingerprint density at radius 2 is 2.19 bits per heavy atom. The zero-order chi connectivity index (χ0) is 14.7. The normalized spacial score (nSPS) is 20.6. The molecule has 2 atom stereocenters. The van der Waals surface area contributed by atoms with Crippen LogP contribution in [0.2, 0.25) is 0 Å². The van der Waals surface area contributed by atoms with E-state index in [9.17, 15) is 0 Å². The molecule has 1 aliphatic heterocycles. The van der Waals surface area contributed by atoms with Crippen molar-refractivity contribution in [3.63, 3.8) is 0 Å². The molecule has 0 bridgehead atoms. The zero-order valence-electron chi connectivity index (χ0n) is 12.9. The lowest BCUT2D eigenvalue weighted by Crippen LogP contribution is -2.35. The van der Waals surface area contributed by atoms with Crippen molar-refractivity contribution in [2.24, 2.45) is 0 Å². The van der Waals surface area contributed by atoms with E-state index in [0.29, 0.717) is 0 Å². The Kier molecular flexibility index (Phi) is 4.51. The second kappa shape index (κ2) is 6.54. The summed E-state index contributed by atoms with van der Waals surface area (Å²) in [5.74, 6) is 0. The van der Waals surface area contributed by atoms with Crippen molar-refractivity contribution in [1.82, 2.24) is 10.3 Å². The highest BCUT2D eigenvalue weighted by Crippen LogP contribution is 2.28. The molecule has 3 heteroatoms. The first kappa shape index (κ1) is 14.5. The average Bonchev–Trinajstić information content (AvgIpc) is 2.53. The number of nitrogens with one attached hydrogen (secondary N) is 1. The van der Waals surface area contributed by atoms with Crippen LogP contribution in [-0.4, -0.2) is 24.2 Å². The van der Waals surface area contributed by atoms with Crippen LogP contribution in [0.15, 0.2) is 30.3 Å². The number of hydrogen-bond acceptors (Lipinski definition) is 3. The van der Waals surface area contributed by atoms with Crippen LogP contribution in [0.5, 0.6) is 0 Å². The molecular weight excluding hydrogens is 260 g/mol. The first-order valence-electron chi connectivity index (χ1n) is 8.00. The second-order valence-corrected chi connectivity index (χ2v) is 5.85. The van der Waals surface area contributed by atoms with E-state index in [2.05, 4.69) is 47.6 Å². The number of pyridine rings is 1. The van der Waals surface area contributed by atoms with Gasteiger partial charge in [-0.2, -0.15) is 0 Å². The molecule has 1 saturated heterocycles. The van der Waals surface area contributed by atoms with Gasteiger partial charge in [-0.3, -0.25) is 4.98 Å². The Labute approximate surface area is 126 Å². The minimum atomic E-state index is 0.279. The van der Waals surface area contributed by atoms with E-state index in [-0.39, 0.29) is 12.1 Å². The molecule has 1 fully saturated rings. The van der Waals surface area contributed by atoms with Crippen molar-refractivity contribution in [3.05, 3.63) is 41.6 Å². The molecule has 21 heavy (non-hydrogen) atoms. The van der Waals surface area contributed by atoms with Crippen molar-refractivity contribution in [3.8, 4) is 0 Å². The molecule has 2 unspecified atom stereocenters. The van der Waals surface area contributed by atoms with Gasteiger partial charge in [0.1, 0.15) is 0 Å². The van der Waals surface area contributed by atoms with Crippen LogP contribution in [0.3, 0.4) is 0 Å². The lowest BCUT2D eigenvalue weighted by Gasteiger charge is -2.31. The van der Waals surface area contributed by atoms with E-state index in [1.54, 1.807) is 0 Å². The molecular formula is C18H24N2O. The van der Waals surface area contributed by atoms with E-state index in [0.717, 1.165) is 30.8 Å². The number of rotatable bonds is 4. The van der Waals surface area contributed by atoms with Gasteiger partial charge in [-0.05, 0) is 56.5 Å². The first-order chi connectivity index (χ1) is 10.3. The Balaban J connectivity index is 1.92. The van der Waals surface area contributed by atoms with E-state index in [1.165, 1.54) is 23.8 Å². The molecule has 1 aromatic carbocycles. The van der Waals surface area contributed by atoms with Gasteiger partial charge in [0.05, 0.1) is 17.7 Å². The molecule has 112 valence electrons. The van der Waals surface area contributed by atoms with Crippen LogP contribution in [0, 0.1) is 6.92 Å². The summed E-state index contributed by atoms with van der Waals surface area (Å²) in [6.45, 7) is 6.03. The largest absolute Gasteiger partial charge is 0.376 e. The molecule has 1 N–H and O–H groups in total. The lowest BCUT2D eigenvalue weighted by molar-refractivity contribution is -0.00783. The average molecular weight is 284 g/mol. The van der Waals surface area contributed by atoms with Crippen molar-refractivity contribution in [2.45, 2.75) is 45.3 Å². The third-order valence-electron chi connectivity index (χ3n) is 4.22. The van der Waals surface area contributed by atoms with E-state index in [4.69, 9.17) is 4.74 Å². The van der Waals surface area contributed by atoms with Crippen LogP contribution in [-0.2, 0) is 4.74 Å². The highest BCUT2D eigenvalue weighted by molar-refractivity contribution is 5.79. The highest BCUT2D eigenvalue weighted by atomic mass is 16.5.